The van der Waals surface area contributed by atoms with Gasteiger partial charge in [0.2, 0.25) is 10.0 Å². The molecule has 0 heterocycles. The molecule has 1 aromatic rings. The number of rotatable bonds is 9. The van der Waals surface area contributed by atoms with Crippen molar-refractivity contribution in [1.29, 1.82) is 0 Å². The maximum absolute atomic E-state index is 12.8. The molecule has 1 aliphatic carbocycles. The zero-order chi connectivity index (χ0) is 23.8. The molecule has 0 amide bonds. The molecule has 0 atom stereocenters. The van der Waals surface area contributed by atoms with E-state index in [0.717, 1.165) is 63.0 Å². The van der Waals surface area contributed by atoms with Gasteiger partial charge in [0.15, 0.2) is 0 Å². The Kier molecular flexibility index (Phi) is 10.0. The Hall–Kier alpha value is -1.60. The molecule has 0 radical (unpaired) electrons. The highest BCUT2D eigenvalue weighted by Gasteiger charge is 2.33. The zero-order valence-electron chi connectivity index (χ0n) is 18.7. The summed E-state index contributed by atoms with van der Waals surface area (Å²) in [6.07, 6.45) is 0.203. The van der Waals surface area contributed by atoms with Crippen LogP contribution in [0.4, 0.5) is 13.2 Å². The van der Waals surface area contributed by atoms with Gasteiger partial charge in [-0.15, -0.1) is 5.92 Å². The minimum Gasteiger partial charge on any atom is -0.395 e. The van der Waals surface area contributed by atoms with E-state index in [1.807, 2.05) is 0 Å². The first-order valence-corrected chi connectivity index (χ1v) is 12.5. The van der Waals surface area contributed by atoms with Gasteiger partial charge in [-0.1, -0.05) is 12.8 Å². The van der Waals surface area contributed by atoms with Crippen molar-refractivity contribution in [3.63, 3.8) is 0 Å². The lowest BCUT2D eigenvalue weighted by Crippen LogP contribution is -2.39. The van der Waals surface area contributed by atoms with Crippen molar-refractivity contribution in [3.8, 4) is 11.8 Å². The van der Waals surface area contributed by atoms with E-state index in [1.54, 1.807) is 0 Å². The van der Waals surface area contributed by atoms with Gasteiger partial charge in [-0.2, -0.15) is 17.5 Å². The summed E-state index contributed by atoms with van der Waals surface area (Å²) in [6.45, 7) is 4.71. The number of alkyl halides is 3. The van der Waals surface area contributed by atoms with Gasteiger partial charge in [-0.3, -0.25) is 0 Å². The fraction of sp³-hybridized carbons (Fsp3) is 0.652. The standard InChI is InChI=1S/C23H33F3N2O3S/c1-3-28(17-18-29)16-6-4-5-7-19-8-12-21(13-9-19)27(2)32(30,31)22-14-10-20(11-15-22)23(24,25)26/h10-11,14-15,19,21,29H,3-4,6,8-9,12-13,16-18H2,1-2H3/t19-,21-. The molecule has 0 saturated heterocycles. The van der Waals surface area contributed by atoms with E-state index in [0.29, 0.717) is 19.4 Å². The number of aliphatic hydroxyl groups excluding tert-OH is 1. The van der Waals surface area contributed by atoms with Gasteiger partial charge in [-0.25, -0.2) is 8.42 Å². The Labute approximate surface area is 189 Å². The Morgan fingerprint density at radius 3 is 2.25 bits per heavy atom. The molecule has 1 N–H and O–H groups in total. The molecule has 1 fully saturated rings. The molecule has 1 saturated carbocycles. The summed E-state index contributed by atoms with van der Waals surface area (Å²) < 4.78 is 65.2. The fourth-order valence-electron chi connectivity index (χ4n) is 3.94. The van der Waals surface area contributed by atoms with Crippen LogP contribution in [0, 0.1) is 17.8 Å². The summed E-state index contributed by atoms with van der Waals surface area (Å²) in [5, 5.41) is 9.00. The van der Waals surface area contributed by atoms with Crippen molar-refractivity contribution >= 4 is 10.0 Å². The van der Waals surface area contributed by atoms with E-state index >= 15 is 0 Å². The zero-order valence-corrected chi connectivity index (χ0v) is 19.6. The first-order valence-electron chi connectivity index (χ1n) is 11.1. The van der Waals surface area contributed by atoms with Crippen LogP contribution in [0.5, 0.6) is 0 Å². The van der Waals surface area contributed by atoms with Crippen LogP contribution in [0.25, 0.3) is 0 Å². The van der Waals surface area contributed by atoms with Crippen molar-refractivity contribution in [3.05, 3.63) is 29.8 Å². The highest BCUT2D eigenvalue weighted by atomic mass is 32.2. The van der Waals surface area contributed by atoms with Crippen molar-refractivity contribution in [1.82, 2.24) is 9.21 Å². The number of hydrogen-bond donors (Lipinski definition) is 1. The van der Waals surface area contributed by atoms with Crippen LogP contribution >= 0.6 is 0 Å². The summed E-state index contributed by atoms with van der Waals surface area (Å²) in [4.78, 5) is 2.05. The first-order chi connectivity index (χ1) is 15.1. The molecule has 0 aromatic heterocycles. The smallest absolute Gasteiger partial charge is 0.395 e. The number of benzene rings is 1. The summed E-state index contributed by atoms with van der Waals surface area (Å²) >= 11 is 0. The van der Waals surface area contributed by atoms with Crippen LogP contribution < -0.4 is 0 Å². The Balaban J connectivity index is 1.85. The molecule has 32 heavy (non-hydrogen) atoms. The second-order valence-electron chi connectivity index (χ2n) is 8.13. The number of hydrogen-bond acceptors (Lipinski definition) is 4. The van der Waals surface area contributed by atoms with Gasteiger partial charge in [0, 0.05) is 32.0 Å². The number of unbranched alkanes of at least 4 members (excludes halogenated alkanes) is 1. The van der Waals surface area contributed by atoms with Crippen molar-refractivity contribution in [2.45, 2.75) is 62.6 Å². The molecule has 0 unspecified atom stereocenters. The maximum atomic E-state index is 12.8. The molecular weight excluding hydrogens is 441 g/mol. The summed E-state index contributed by atoms with van der Waals surface area (Å²) in [5.74, 6) is 6.78. The number of aliphatic hydroxyl groups is 1. The van der Waals surface area contributed by atoms with E-state index in [4.69, 9.17) is 5.11 Å². The quantitative estimate of drug-likeness (QED) is 0.435. The summed E-state index contributed by atoms with van der Waals surface area (Å²) in [5.41, 5.74) is -0.867. The molecule has 2 rings (SSSR count). The van der Waals surface area contributed by atoms with E-state index in [9.17, 15) is 21.6 Å². The van der Waals surface area contributed by atoms with Gasteiger partial charge >= 0.3 is 6.18 Å². The molecule has 9 heteroatoms. The molecule has 0 aliphatic heterocycles. The van der Waals surface area contributed by atoms with Gasteiger partial charge < -0.3 is 10.0 Å². The van der Waals surface area contributed by atoms with Gasteiger partial charge in [0.05, 0.1) is 17.1 Å². The molecule has 0 spiro atoms. The van der Waals surface area contributed by atoms with E-state index in [2.05, 4.69) is 23.7 Å². The molecule has 1 aromatic carbocycles. The van der Waals surface area contributed by atoms with Crippen molar-refractivity contribution in [2.24, 2.45) is 5.92 Å². The fourth-order valence-corrected chi connectivity index (χ4v) is 5.36. The molecule has 1 aliphatic rings. The van der Waals surface area contributed by atoms with Crippen molar-refractivity contribution in [2.75, 3.05) is 33.3 Å². The summed E-state index contributed by atoms with van der Waals surface area (Å²) in [7, 11) is -2.36. The normalized spacial score (nSPS) is 19.8. The average molecular weight is 475 g/mol. The number of halogens is 3. The van der Waals surface area contributed by atoms with Crippen LogP contribution in [0.3, 0.4) is 0 Å². The molecular formula is C23H33F3N2O3S. The molecule has 5 nitrogen and oxygen atoms in total. The Morgan fingerprint density at radius 2 is 1.72 bits per heavy atom. The number of sulfonamides is 1. The number of nitrogens with zero attached hydrogens (tertiary/aromatic N) is 2. The van der Waals surface area contributed by atoms with E-state index < -0.39 is 21.8 Å². The van der Waals surface area contributed by atoms with Gasteiger partial charge in [-0.05, 0) is 69.5 Å². The molecule has 0 bridgehead atoms. The summed E-state index contributed by atoms with van der Waals surface area (Å²) in [6, 6.07) is 3.46. The van der Waals surface area contributed by atoms with Crippen LogP contribution in [0.1, 0.15) is 51.0 Å². The Bertz CT molecular complexity index is 868. The minimum atomic E-state index is -4.50. The highest BCUT2D eigenvalue weighted by molar-refractivity contribution is 7.89. The number of likely N-dealkylation sites (N-methyl/N-ethyl adjacent to an activating group) is 1. The lowest BCUT2D eigenvalue weighted by atomic mass is 9.86. The average Bonchev–Trinajstić information content (AvgIpc) is 2.77. The first kappa shape index (κ1) is 26.7. The Morgan fingerprint density at radius 1 is 1.09 bits per heavy atom. The van der Waals surface area contributed by atoms with E-state index in [1.165, 1.54) is 11.4 Å². The lowest BCUT2D eigenvalue weighted by molar-refractivity contribution is -0.137. The molecule has 180 valence electrons. The van der Waals surface area contributed by atoms with Crippen LogP contribution in [-0.2, 0) is 16.2 Å². The third kappa shape index (κ3) is 7.48. The predicted molar refractivity (Wildman–Crippen MR) is 118 cm³/mol. The second kappa shape index (κ2) is 12.0. The van der Waals surface area contributed by atoms with Crippen LogP contribution in [0.15, 0.2) is 29.2 Å². The van der Waals surface area contributed by atoms with E-state index in [-0.39, 0.29) is 23.5 Å². The topological polar surface area (TPSA) is 60.9 Å². The maximum Gasteiger partial charge on any atom is 0.416 e. The second-order valence-corrected chi connectivity index (χ2v) is 10.1. The largest absolute Gasteiger partial charge is 0.416 e. The van der Waals surface area contributed by atoms with Gasteiger partial charge in [0.1, 0.15) is 0 Å². The van der Waals surface area contributed by atoms with Crippen LogP contribution in [-0.4, -0.2) is 62.1 Å². The third-order valence-corrected chi connectivity index (χ3v) is 7.94. The SMILES string of the molecule is CCN(CCO)CCCC#C[C@H]1CC[C@H](N(C)S(=O)(=O)c2ccc(C(F)(F)F)cc2)CC1. The third-order valence-electron chi connectivity index (χ3n) is 6.02. The lowest BCUT2D eigenvalue weighted by Gasteiger charge is -2.32. The predicted octanol–water partition coefficient (Wildman–Crippen LogP) is 3.98. The van der Waals surface area contributed by atoms with Crippen LogP contribution in [0.2, 0.25) is 0 Å². The minimum absolute atomic E-state index is 0.128. The monoisotopic (exact) mass is 474 g/mol. The van der Waals surface area contributed by atoms with Crippen molar-refractivity contribution < 1.29 is 26.7 Å². The highest BCUT2D eigenvalue weighted by Crippen LogP contribution is 2.32. The van der Waals surface area contributed by atoms with Gasteiger partial charge in [0.25, 0.3) is 0 Å².